The summed E-state index contributed by atoms with van der Waals surface area (Å²) in [6.45, 7) is 0. The smallest absolute Gasteiger partial charge is 0.339 e. The lowest BCUT2D eigenvalue weighted by molar-refractivity contribution is 0.102. The number of aromatic nitrogens is 2. The standard InChI is InChI=1S/C20H13Cl2N3O4S.C6H4Cl2O3S/c21-16-8-7-14(11-17(16)22)30(27,28)29-13-6-9-18-15(10-13)19(25-24-18)23-20(26)12-4-2-1-3-5-12;7-5-2-1-4(3-6(5)8)12(9,10)11/h1-11H,(H2,23,24,25,26);1-3H,(H,9,10,11). The summed E-state index contributed by atoms with van der Waals surface area (Å²) in [5.41, 5.74) is 1.06. The molecule has 0 saturated carbocycles. The Hall–Kier alpha value is -3.36. The van der Waals surface area contributed by atoms with Gasteiger partial charge in [0.1, 0.15) is 10.6 Å². The third-order valence-corrected chi connectivity index (χ3v) is 8.95. The van der Waals surface area contributed by atoms with Crippen molar-refractivity contribution in [2.24, 2.45) is 0 Å². The van der Waals surface area contributed by atoms with Gasteiger partial charge in [0.2, 0.25) is 0 Å². The van der Waals surface area contributed by atoms with Crippen LogP contribution in [0.5, 0.6) is 5.75 Å². The van der Waals surface area contributed by atoms with E-state index in [0.717, 1.165) is 6.07 Å². The largest absolute Gasteiger partial charge is 0.379 e. The molecule has 0 spiro atoms. The molecule has 3 N–H and O–H groups in total. The third kappa shape index (κ3) is 7.72. The van der Waals surface area contributed by atoms with Gasteiger partial charge in [-0.3, -0.25) is 14.4 Å². The van der Waals surface area contributed by atoms with E-state index in [0.29, 0.717) is 16.5 Å². The first kappa shape index (κ1) is 31.6. The lowest BCUT2D eigenvalue weighted by atomic mass is 10.2. The van der Waals surface area contributed by atoms with Gasteiger partial charge in [0, 0.05) is 10.9 Å². The molecule has 1 aromatic heterocycles. The number of nitrogens with one attached hydrogen (secondary N) is 2. The molecular weight excluding hydrogens is 672 g/mol. The molecule has 0 saturated heterocycles. The number of halogens is 4. The first-order chi connectivity index (χ1) is 19.7. The van der Waals surface area contributed by atoms with Gasteiger partial charge in [0.05, 0.1) is 30.5 Å². The summed E-state index contributed by atoms with van der Waals surface area (Å²) < 4.78 is 60.0. The van der Waals surface area contributed by atoms with Crippen molar-refractivity contribution < 1.29 is 30.4 Å². The second-order valence-electron chi connectivity index (χ2n) is 8.26. The molecule has 0 aliphatic carbocycles. The predicted octanol–water partition coefficient (Wildman–Crippen LogP) is 7.13. The molecule has 0 bridgehead atoms. The normalized spacial score (nSPS) is 11.5. The van der Waals surface area contributed by atoms with E-state index in [1.54, 1.807) is 36.4 Å². The van der Waals surface area contributed by atoms with Gasteiger partial charge < -0.3 is 9.50 Å². The highest BCUT2D eigenvalue weighted by molar-refractivity contribution is 7.87. The summed E-state index contributed by atoms with van der Waals surface area (Å²) in [5.74, 6) is -0.0554. The number of H-pyrrole nitrogens is 1. The molecule has 1 heterocycles. The number of nitrogens with zero attached hydrogens (tertiary/aromatic N) is 1. The lowest BCUT2D eigenvalue weighted by Crippen LogP contribution is -2.12. The lowest BCUT2D eigenvalue weighted by Gasteiger charge is -2.08. The van der Waals surface area contributed by atoms with Crippen LogP contribution in [0.3, 0.4) is 0 Å². The number of benzene rings is 4. The van der Waals surface area contributed by atoms with E-state index in [1.165, 1.54) is 42.5 Å². The van der Waals surface area contributed by atoms with E-state index in [1.807, 2.05) is 0 Å². The number of carbonyl (C=O) groups excluding carboxylic acids is 1. The summed E-state index contributed by atoms with van der Waals surface area (Å²) in [6.07, 6.45) is 0. The fourth-order valence-electron chi connectivity index (χ4n) is 3.35. The fourth-order valence-corrected chi connectivity index (χ4v) is 5.54. The Balaban J connectivity index is 0.000000283. The molecule has 0 unspecified atom stereocenters. The first-order valence-corrected chi connectivity index (χ1v) is 15.8. The number of hydrogen-bond acceptors (Lipinski definition) is 7. The number of fused-ring (bicyclic) bond motifs is 1. The van der Waals surface area contributed by atoms with E-state index in [9.17, 15) is 21.6 Å². The van der Waals surface area contributed by atoms with Gasteiger partial charge in [-0.1, -0.05) is 64.6 Å². The van der Waals surface area contributed by atoms with Crippen molar-refractivity contribution in [2.45, 2.75) is 9.79 Å². The number of hydrogen-bond donors (Lipinski definition) is 3. The average Bonchev–Trinajstić information content (AvgIpc) is 3.33. The fraction of sp³-hybridized carbons (Fsp3) is 0. The number of rotatable bonds is 6. The number of anilines is 1. The van der Waals surface area contributed by atoms with Crippen LogP contribution in [0.15, 0.2) is 94.7 Å². The second kappa shape index (κ2) is 12.9. The Morgan fingerprint density at radius 3 is 1.95 bits per heavy atom. The molecule has 0 radical (unpaired) electrons. The van der Waals surface area contributed by atoms with Crippen molar-refractivity contribution in [3.05, 3.63) is 111 Å². The summed E-state index contributed by atoms with van der Waals surface area (Å²) >= 11 is 22.8. The van der Waals surface area contributed by atoms with Gasteiger partial charge in [-0.15, -0.1) is 0 Å². The quantitative estimate of drug-likeness (QED) is 0.126. The van der Waals surface area contributed by atoms with Crippen molar-refractivity contribution in [3.8, 4) is 5.75 Å². The van der Waals surface area contributed by atoms with E-state index in [-0.39, 0.29) is 47.4 Å². The van der Waals surface area contributed by atoms with Crippen LogP contribution in [0.25, 0.3) is 10.9 Å². The van der Waals surface area contributed by atoms with Gasteiger partial charge in [0.25, 0.3) is 16.0 Å². The highest BCUT2D eigenvalue weighted by atomic mass is 35.5. The van der Waals surface area contributed by atoms with E-state index >= 15 is 0 Å². The van der Waals surface area contributed by atoms with Gasteiger partial charge >= 0.3 is 10.1 Å². The number of carbonyl (C=O) groups is 1. The molecule has 0 fully saturated rings. The van der Waals surface area contributed by atoms with Gasteiger partial charge in [-0.2, -0.15) is 21.9 Å². The second-order valence-corrected chi connectivity index (χ2v) is 12.9. The third-order valence-electron chi connectivity index (χ3n) is 5.38. The van der Waals surface area contributed by atoms with Crippen LogP contribution in [0.2, 0.25) is 20.1 Å². The molecule has 0 aliphatic rings. The Kier molecular flexibility index (Phi) is 9.68. The molecule has 218 valence electrons. The van der Waals surface area contributed by atoms with Crippen molar-refractivity contribution in [1.82, 2.24) is 10.2 Å². The molecule has 0 atom stereocenters. The average molecular weight is 689 g/mol. The summed E-state index contributed by atoms with van der Waals surface area (Å²) in [7, 11) is -8.33. The zero-order valence-corrected chi connectivity index (χ0v) is 25.4. The molecule has 1 amide bonds. The van der Waals surface area contributed by atoms with Crippen LogP contribution < -0.4 is 9.50 Å². The minimum atomic E-state index is -4.19. The summed E-state index contributed by atoms with van der Waals surface area (Å²) in [6, 6.07) is 20.6. The zero-order valence-electron chi connectivity index (χ0n) is 20.8. The van der Waals surface area contributed by atoms with Gasteiger partial charge in [-0.05, 0) is 66.7 Å². The molecule has 5 rings (SSSR count). The Bertz CT molecular complexity index is 2000. The maximum Gasteiger partial charge on any atom is 0.339 e. The van der Waals surface area contributed by atoms with Gasteiger partial charge in [-0.25, -0.2) is 0 Å². The van der Waals surface area contributed by atoms with Crippen LogP contribution in [0.4, 0.5) is 5.82 Å². The van der Waals surface area contributed by atoms with Crippen molar-refractivity contribution in [2.75, 3.05) is 5.32 Å². The van der Waals surface area contributed by atoms with Crippen molar-refractivity contribution >= 4 is 89.3 Å². The first-order valence-electron chi connectivity index (χ1n) is 11.4. The molecule has 42 heavy (non-hydrogen) atoms. The molecule has 10 nitrogen and oxygen atoms in total. The van der Waals surface area contributed by atoms with Crippen LogP contribution in [-0.2, 0) is 20.2 Å². The van der Waals surface area contributed by atoms with Crippen LogP contribution in [0.1, 0.15) is 10.4 Å². The minimum Gasteiger partial charge on any atom is -0.379 e. The predicted molar refractivity (Wildman–Crippen MR) is 161 cm³/mol. The maximum absolute atomic E-state index is 12.6. The van der Waals surface area contributed by atoms with Gasteiger partial charge in [0.15, 0.2) is 5.82 Å². The van der Waals surface area contributed by atoms with Crippen LogP contribution in [0, 0.1) is 0 Å². The molecule has 0 aliphatic heterocycles. The summed E-state index contributed by atoms with van der Waals surface area (Å²) in [5, 5.41) is 10.7. The Morgan fingerprint density at radius 2 is 1.36 bits per heavy atom. The molecule has 16 heteroatoms. The monoisotopic (exact) mass is 687 g/mol. The topological polar surface area (TPSA) is 156 Å². The van der Waals surface area contributed by atoms with E-state index in [4.69, 9.17) is 55.1 Å². The summed E-state index contributed by atoms with van der Waals surface area (Å²) in [4.78, 5) is 12.0. The Labute approximate surface area is 260 Å². The van der Waals surface area contributed by atoms with Crippen LogP contribution >= 0.6 is 46.4 Å². The SMILES string of the molecule is O=C(Nc1n[nH]c2ccc(OS(=O)(=O)c3ccc(Cl)c(Cl)c3)cc12)c1ccccc1.O=S(=O)(O)c1ccc(Cl)c(Cl)c1. The Morgan fingerprint density at radius 1 is 0.762 bits per heavy atom. The van der Waals surface area contributed by atoms with Crippen LogP contribution in [-0.4, -0.2) is 37.5 Å². The minimum absolute atomic E-state index is 0.0465. The van der Waals surface area contributed by atoms with Crippen molar-refractivity contribution in [1.29, 1.82) is 0 Å². The zero-order chi connectivity index (χ0) is 30.7. The number of amides is 1. The molecule has 5 aromatic rings. The molecule has 4 aromatic carbocycles. The highest BCUT2D eigenvalue weighted by Crippen LogP contribution is 2.30. The van der Waals surface area contributed by atoms with E-state index < -0.39 is 20.2 Å². The maximum atomic E-state index is 12.6. The molecular formula is C26H17Cl4N3O7S2. The van der Waals surface area contributed by atoms with E-state index in [2.05, 4.69) is 15.5 Å². The number of aromatic amines is 1. The highest BCUT2D eigenvalue weighted by Gasteiger charge is 2.19. The van der Waals surface area contributed by atoms with Crippen molar-refractivity contribution in [3.63, 3.8) is 0 Å².